The SMILES string of the molecule is Cc1ccc(-[n+]2noc([O-])c2C(=O)CC2(O)C(=O)Nc3ccccc32)cc1C. The number of nitrogens with one attached hydrogen (secondary N) is 1. The van der Waals surface area contributed by atoms with E-state index < -0.39 is 29.7 Å². The Bertz CT molecular complexity index is 1120. The summed E-state index contributed by atoms with van der Waals surface area (Å²) in [4.78, 5) is 25.3. The number of carbonyl (C=O) groups excluding carboxylic acids is 2. The molecule has 8 nitrogen and oxygen atoms in total. The topological polar surface area (TPSA) is 119 Å². The number of anilines is 1. The maximum Gasteiger partial charge on any atom is 0.306 e. The van der Waals surface area contributed by atoms with Crippen molar-refractivity contribution < 1.29 is 29.0 Å². The molecule has 0 saturated carbocycles. The number of rotatable bonds is 4. The summed E-state index contributed by atoms with van der Waals surface area (Å²) in [6, 6.07) is 11.8. The number of hydrogen-bond donors (Lipinski definition) is 2. The monoisotopic (exact) mass is 379 g/mol. The first-order chi connectivity index (χ1) is 13.3. The van der Waals surface area contributed by atoms with Crippen LogP contribution in [0.2, 0.25) is 0 Å². The second-order valence-electron chi connectivity index (χ2n) is 6.85. The molecule has 2 heterocycles. The van der Waals surface area contributed by atoms with Crippen molar-refractivity contribution in [1.82, 2.24) is 5.27 Å². The number of hydrogen-bond acceptors (Lipinski definition) is 6. The van der Waals surface area contributed by atoms with E-state index >= 15 is 0 Å². The highest BCUT2D eigenvalue weighted by atomic mass is 16.6. The average molecular weight is 379 g/mol. The van der Waals surface area contributed by atoms with E-state index in [1.165, 1.54) is 0 Å². The van der Waals surface area contributed by atoms with E-state index in [4.69, 9.17) is 0 Å². The molecule has 0 spiro atoms. The third-order valence-corrected chi connectivity index (χ3v) is 5.02. The Morgan fingerprint density at radius 3 is 2.75 bits per heavy atom. The molecule has 4 rings (SSSR count). The highest BCUT2D eigenvalue weighted by Gasteiger charge is 2.48. The lowest BCUT2D eigenvalue weighted by Crippen LogP contribution is -2.42. The maximum absolute atomic E-state index is 12.9. The van der Waals surface area contributed by atoms with Crippen LogP contribution in [0.25, 0.3) is 5.69 Å². The number of aryl methyl sites for hydroxylation is 2. The minimum Gasteiger partial charge on any atom is -0.539 e. The van der Waals surface area contributed by atoms with Crippen LogP contribution in [0.15, 0.2) is 47.0 Å². The predicted octanol–water partition coefficient (Wildman–Crippen LogP) is 1.05. The molecule has 0 saturated heterocycles. The summed E-state index contributed by atoms with van der Waals surface area (Å²) in [7, 11) is 0. The van der Waals surface area contributed by atoms with Gasteiger partial charge in [0.05, 0.1) is 11.7 Å². The number of carbonyl (C=O) groups is 2. The third-order valence-electron chi connectivity index (χ3n) is 5.02. The molecule has 1 aromatic heterocycles. The second-order valence-corrected chi connectivity index (χ2v) is 6.85. The summed E-state index contributed by atoms with van der Waals surface area (Å²) in [6.07, 6.45) is -0.614. The van der Waals surface area contributed by atoms with Gasteiger partial charge in [0, 0.05) is 23.4 Å². The molecule has 1 aliphatic heterocycles. The van der Waals surface area contributed by atoms with Crippen molar-refractivity contribution in [1.29, 1.82) is 0 Å². The number of aliphatic hydroxyl groups is 1. The summed E-state index contributed by atoms with van der Waals surface area (Å²) in [5.74, 6) is -2.40. The number of ketones is 1. The van der Waals surface area contributed by atoms with E-state index in [1.54, 1.807) is 36.4 Å². The highest BCUT2D eigenvalue weighted by molar-refractivity contribution is 6.09. The molecule has 1 atom stereocenters. The first-order valence-corrected chi connectivity index (χ1v) is 8.64. The van der Waals surface area contributed by atoms with E-state index in [-0.39, 0.29) is 11.3 Å². The number of benzene rings is 2. The zero-order chi connectivity index (χ0) is 20.1. The van der Waals surface area contributed by atoms with Gasteiger partial charge in [0.2, 0.25) is 11.5 Å². The van der Waals surface area contributed by atoms with Crippen molar-refractivity contribution >= 4 is 17.4 Å². The smallest absolute Gasteiger partial charge is 0.306 e. The molecule has 3 aromatic rings. The van der Waals surface area contributed by atoms with Crippen molar-refractivity contribution in [2.75, 3.05) is 5.32 Å². The fourth-order valence-electron chi connectivity index (χ4n) is 3.31. The molecule has 28 heavy (non-hydrogen) atoms. The van der Waals surface area contributed by atoms with E-state index in [1.807, 2.05) is 19.9 Å². The molecule has 1 aliphatic rings. The quantitative estimate of drug-likeness (QED) is 0.517. The lowest BCUT2D eigenvalue weighted by atomic mass is 9.89. The summed E-state index contributed by atoms with van der Waals surface area (Å²) < 4.78 is 5.79. The first-order valence-electron chi connectivity index (χ1n) is 8.64. The van der Waals surface area contributed by atoms with Gasteiger partial charge in [0.15, 0.2) is 11.5 Å². The molecule has 0 aliphatic carbocycles. The molecular formula is C20H17N3O5. The lowest BCUT2D eigenvalue weighted by molar-refractivity contribution is -0.672. The number of nitrogens with zero attached hydrogens (tertiary/aromatic N) is 2. The van der Waals surface area contributed by atoms with Crippen molar-refractivity contribution in [2.24, 2.45) is 0 Å². The number of para-hydroxylation sites is 1. The first kappa shape index (κ1) is 17.9. The Morgan fingerprint density at radius 2 is 2.00 bits per heavy atom. The summed E-state index contributed by atoms with van der Waals surface area (Å²) >= 11 is 0. The molecule has 2 aromatic carbocycles. The van der Waals surface area contributed by atoms with Crippen LogP contribution in [-0.4, -0.2) is 22.1 Å². The normalized spacial score (nSPS) is 18.0. The van der Waals surface area contributed by atoms with E-state index in [9.17, 15) is 19.8 Å². The molecule has 8 heteroatoms. The van der Waals surface area contributed by atoms with Crippen LogP contribution >= 0.6 is 0 Å². The molecule has 1 unspecified atom stereocenters. The van der Waals surface area contributed by atoms with Crippen molar-refractivity contribution in [3.8, 4) is 11.6 Å². The Hall–Kier alpha value is -3.52. The second kappa shape index (κ2) is 6.28. The highest BCUT2D eigenvalue weighted by Crippen LogP contribution is 2.39. The zero-order valence-electron chi connectivity index (χ0n) is 15.2. The minimum absolute atomic E-state index is 0.287. The molecule has 2 N–H and O–H groups in total. The van der Waals surface area contributed by atoms with Crippen LogP contribution in [-0.2, 0) is 10.4 Å². The Kier molecular flexibility index (Phi) is 4.01. The van der Waals surface area contributed by atoms with E-state index in [0.29, 0.717) is 11.4 Å². The number of fused-ring (bicyclic) bond motifs is 1. The van der Waals surface area contributed by atoms with E-state index in [2.05, 4.69) is 15.1 Å². The fraction of sp³-hybridized carbons (Fsp3) is 0.200. The largest absolute Gasteiger partial charge is 0.539 e. The van der Waals surface area contributed by atoms with Gasteiger partial charge in [-0.3, -0.25) is 9.59 Å². The predicted molar refractivity (Wildman–Crippen MR) is 94.9 cm³/mol. The Balaban J connectivity index is 1.73. The summed E-state index contributed by atoms with van der Waals surface area (Å²) in [5.41, 5.74) is 0.749. The van der Waals surface area contributed by atoms with Crippen molar-refractivity contribution in [3.05, 3.63) is 64.8 Å². The average Bonchev–Trinajstić information content (AvgIpc) is 3.16. The molecular weight excluding hydrogens is 362 g/mol. The molecule has 0 radical (unpaired) electrons. The lowest BCUT2D eigenvalue weighted by Gasteiger charge is -2.19. The van der Waals surface area contributed by atoms with Crippen LogP contribution in [0.4, 0.5) is 5.69 Å². The number of amides is 1. The van der Waals surface area contributed by atoms with Gasteiger partial charge in [-0.2, -0.15) is 0 Å². The molecule has 0 bridgehead atoms. The maximum atomic E-state index is 12.9. The van der Waals surface area contributed by atoms with Crippen LogP contribution in [0, 0.1) is 13.8 Å². The number of aromatic nitrogens is 2. The third kappa shape index (κ3) is 2.66. The molecule has 142 valence electrons. The van der Waals surface area contributed by atoms with Crippen molar-refractivity contribution in [3.63, 3.8) is 0 Å². The van der Waals surface area contributed by atoms with Crippen LogP contribution < -0.4 is 15.1 Å². The Morgan fingerprint density at radius 1 is 1.25 bits per heavy atom. The van der Waals surface area contributed by atoms with Crippen molar-refractivity contribution in [2.45, 2.75) is 25.9 Å². The van der Waals surface area contributed by atoms with Crippen LogP contribution in [0.3, 0.4) is 0 Å². The Labute approximate surface area is 160 Å². The number of Topliss-reactive ketones (excluding diaryl/α,β-unsaturated/α-hetero) is 1. The van der Waals surface area contributed by atoms with Crippen LogP contribution in [0.5, 0.6) is 5.95 Å². The zero-order valence-corrected chi connectivity index (χ0v) is 15.2. The summed E-state index contributed by atoms with van der Waals surface area (Å²) in [6.45, 7) is 3.82. The molecule has 1 amide bonds. The fourth-order valence-corrected chi connectivity index (χ4v) is 3.31. The van der Waals surface area contributed by atoms with Gasteiger partial charge in [0.25, 0.3) is 5.91 Å². The van der Waals surface area contributed by atoms with Gasteiger partial charge in [-0.05, 0) is 35.7 Å². The summed E-state index contributed by atoms with van der Waals surface area (Å²) in [5, 5.41) is 29.3. The van der Waals surface area contributed by atoms with Gasteiger partial charge < -0.3 is 20.1 Å². The standard InChI is InChI=1S/C20H17N3O5/c1-11-7-8-13(9-12(11)2)23-17(18(25)28-22-23)16(24)10-20(27)14-5-3-4-6-15(14)21-19(20)26/h3-9,27H,10H2,1-2H3,(H-,21,22,24,25,26). The molecule has 0 fully saturated rings. The minimum atomic E-state index is -2.07. The van der Waals surface area contributed by atoms with E-state index in [0.717, 1.165) is 15.8 Å². The van der Waals surface area contributed by atoms with Gasteiger partial charge in [-0.15, -0.1) is 0 Å². The van der Waals surface area contributed by atoms with Gasteiger partial charge in [-0.1, -0.05) is 24.3 Å². The van der Waals surface area contributed by atoms with Gasteiger partial charge in [0.1, 0.15) is 0 Å². The van der Waals surface area contributed by atoms with Gasteiger partial charge >= 0.3 is 5.69 Å². The van der Waals surface area contributed by atoms with Gasteiger partial charge in [-0.25, -0.2) is 0 Å². The van der Waals surface area contributed by atoms with Crippen LogP contribution in [0.1, 0.15) is 33.6 Å².